The Morgan fingerprint density at radius 3 is 2.67 bits per heavy atom. The Hall–Kier alpha value is -0.420. The van der Waals surface area contributed by atoms with E-state index in [1.54, 1.807) is 0 Å². The third kappa shape index (κ3) is 3.28. The van der Waals surface area contributed by atoms with Gasteiger partial charge in [-0.1, -0.05) is 11.6 Å². The summed E-state index contributed by atoms with van der Waals surface area (Å²) in [6, 6.07) is 1.04. The molecule has 1 heterocycles. The Kier molecular flexibility index (Phi) is 4.73. The van der Waals surface area contributed by atoms with Crippen molar-refractivity contribution in [2.45, 2.75) is 18.6 Å². The summed E-state index contributed by atoms with van der Waals surface area (Å²) in [6.45, 7) is 0. The van der Waals surface area contributed by atoms with Crippen LogP contribution >= 0.6 is 23.2 Å². The van der Waals surface area contributed by atoms with Crippen molar-refractivity contribution in [1.29, 1.82) is 0 Å². The molecule has 0 aliphatic rings. The normalized spacial score (nSPS) is 15.0. The summed E-state index contributed by atoms with van der Waals surface area (Å²) in [7, 11) is 0. The number of halogens is 3. The number of aliphatic hydroxyl groups is 2. The molecular formula is C9H10Cl2FNO2. The van der Waals surface area contributed by atoms with Gasteiger partial charge in [0, 0.05) is 17.6 Å². The quantitative estimate of drug-likeness (QED) is 0.637. The molecule has 84 valence electrons. The predicted octanol–water partition coefficient (Wildman–Crippen LogP) is 1.90. The van der Waals surface area contributed by atoms with Crippen LogP contribution in [0.5, 0.6) is 0 Å². The number of nitrogens with zero attached hydrogens (tertiary/aromatic N) is 1. The lowest BCUT2D eigenvalue weighted by Crippen LogP contribution is -2.19. The van der Waals surface area contributed by atoms with Gasteiger partial charge in [-0.2, -0.15) is 0 Å². The van der Waals surface area contributed by atoms with Crippen molar-refractivity contribution in [3.8, 4) is 0 Å². The van der Waals surface area contributed by atoms with Gasteiger partial charge in [-0.15, -0.1) is 11.6 Å². The minimum Gasteiger partial charge on any atom is -0.390 e. The van der Waals surface area contributed by atoms with Crippen LogP contribution in [0.3, 0.4) is 0 Å². The van der Waals surface area contributed by atoms with Crippen LogP contribution in [0.1, 0.15) is 18.1 Å². The van der Waals surface area contributed by atoms with Crippen LogP contribution in [0.2, 0.25) is 5.15 Å². The first-order chi connectivity index (χ1) is 7.06. The van der Waals surface area contributed by atoms with Gasteiger partial charge in [-0.3, -0.25) is 0 Å². The lowest BCUT2D eigenvalue weighted by atomic mass is 10.0. The van der Waals surface area contributed by atoms with Crippen LogP contribution in [0.4, 0.5) is 4.39 Å². The number of alkyl halides is 1. The Balaban J connectivity index is 2.81. The molecule has 0 spiro atoms. The van der Waals surface area contributed by atoms with Gasteiger partial charge < -0.3 is 10.2 Å². The molecule has 0 aliphatic carbocycles. The predicted molar refractivity (Wildman–Crippen MR) is 55.5 cm³/mol. The fourth-order valence-electron chi connectivity index (χ4n) is 1.09. The lowest BCUT2D eigenvalue weighted by Gasteiger charge is -2.16. The van der Waals surface area contributed by atoms with Crippen molar-refractivity contribution in [3.63, 3.8) is 0 Å². The average Bonchev–Trinajstić information content (AvgIpc) is 2.21. The number of aliphatic hydroxyl groups excluding tert-OH is 2. The van der Waals surface area contributed by atoms with Gasteiger partial charge >= 0.3 is 0 Å². The molecule has 2 unspecified atom stereocenters. The fourth-order valence-corrected chi connectivity index (χ4v) is 1.42. The maximum atomic E-state index is 13.0. The van der Waals surface area contributed by atoms with Gasteiger partial charge in [-0.25, -0.2) is 9.37 Å². The highest BCUT2D eigenvalue weighted by molar-refractivity contribution is 6.29. The third-order valence-electron chi connectivity index (χ3n) is 1.93. The highest BCUT2D eigenvalue weighted by atomic mass is 35.5. The smallest absolute Gasteiger partial charge is 0.164 e. The number of hydrogen-bond donors (Lipinski definition) is 2. The standard InChI is InChI=1S/C9H10Cl2FNO2/c10-2-1-7(14)8(15)5-3-6(12)9(11)13-4-5/h3-4,7-8,14-15H,1-2H2. The van der Waals surface area contributed by atoms with Crippen molar-refractivity contribution >= 4 is 23.2 Å². The molecule has 0 aromatic carbocycles. The van der Waals surface area contributed by atoms with Gasteiger partial charge in [0.05, 0.1) is 6.10 Å². The van der Waals surface area contributed by atoms with E-state index in [2.05, 4.69) is 4.98 Å². The summed E-state index contributed by atoms with van der Waals surface area (Å²) < 4.78 is 13.0. The van der Waals surface area contributed by atoms with Gasteiger partial charge in [0.1, 0.15) is 6.10 Å². The van der Waals surface area contributed by atoms with Crippen LogP contribution < -0.4 is 0 Å². The lowest BCUT2D eigenvalue weighted by molar-refractivity contribution is 0.0166. The van der Waals surface area contributed by atoms with Crippen molar-refractivity contribution in [2.75, 3.05) is 5.88 Å². The molecule has 0 saturated carbocycles. The molecular weight excluding hydrogens is 244 g/mol. The van der Waals surface area contributed by atoms with Crippen LogP contribution in [0.25, 0.3) is 0 Å². The number of pyridine rings is 1. The van der Waals surface area contributed by atoms with Crippen LogP contribution in [0, 0.1) is 5.82 Å². The zero-order chi connectivity index (χ0) is 11.4. The molecule has 0 amide bonds. The van der Waals surface area contributed by atoms with Gasteiger partial charge in [0.25, 0.3) is 0 Å². The van der Waals surface area contributed by atoms with Gasteiger partial charge in [0.15, 0.2) is 11.0 Å². The highest BCUT2D eigenvalue weighted by Gasteiger charge is 2.19. The van der Waals surface area contributed by atoms with Gasteiger partial charge in [0.2, 0.25) is 0 Å². The number of aromatic nitrogens is 1. The second kappa shape index (κ2) is 5.61. The average molecular weight is 254 g/mol. The van der Waals surface area contributed by atoms with Crippen molar-refractivity contribution in [3.05, 3.63) is 28.8 Å². The minimum atomic E-state index is -1.21. The fraction of sp³-hybridized carbons (Fsp3) is 0.444. The number of rotatable bonds is 4. The van der Waals surface area contributed by atoms with Gasteiger partial charge in [-0.05, 0) is 12.5 Å². The first-order valence-electron chi connectivity index (χ1n) is 4.29. The molecule has 1 rings (SSSR count). The zero-order valence-corrected chi connectivity index (χ0v) is 9.21. The summed E-state index contributed by atoms with van der Waals surface area (Å²) in [5.41, 5.74) is 0.175. The summed E-state index contributed by atoms with van der Waals surface area (Å²) in [4.78, 5) is 3.53. The summed E-state index contributed by atoms with van der Waals surface area (Å²) in [5.74, 6) is -0.520. The molecule has 0 aliphatic heterocycles. The SMILES string of the molecule is OC(CCCl)C(O)c1cnc(Cl)c(F)c1. The Bertz CT molecular complexity index is 338. The van der Waals surface area contributed by atoms with E-state index in [1.165, 1.54) is 6.20 Å². The Labute approximate surface area is 96.5 Å². The maximum absolute atomic E-state index is 13.0. The van der Waals surface area contributed by atoms with E-state index >= 15 is 0 Å². The van der Waals surface area contributed by atoms with E-state index in [0.717, 1.165) is 6.07 Å². The molecule has 1 aromatic rings. The van der Waals surface area contributed by atoms with E-state index in [-0.39, 0.29) is 23.0 Å². The van der Waals surface area contributed by atoms with Crippen LogP contribution in [-0.4, -0.2) is 27.2 Å². The third-order valence-corrected chi connectivity index (χ3v) is 2.42. The second-order valence-corrected chi connectivity index (χ2v) is 3.77. The molecule has 6 heteroatoms. The largest absolute Gasteiger partial charge is 0.390 e. The highest BCUT2D eigenvalue weighted by Crippen LogP contribution is 2.21. The summed E-state index contributed by atoms with van der Waals surface area (Å²) >= 11 is 10.8. The Morgan fingerprint density at radius 1 is 1.47 bits per heavy atom. The Morgan fingerprint density at radius 2 is 2.13 bits per heavy atom. The minimum absolute atomic E-state index is 0.175. The molecule has 0 radical (unpaired) electrons. The first-order valence-corrected chi connectivity index (χ1v) is 5.20. The molecule has 0 saturated heterocycles. The van der Waals surface area contributed by atoms with Crippen molar-refractivity contribution in [1.82, 2.24) is 4.98 Å². The van der Waals surface area contributed by atoms with Crippen molar-refractivity contribution < 1.29 is 14.6 Å². The maximum Gasteiger partial charge on any atom is 0.164 e. The molecule has 3 nitrogen and oxygen atoms in total. The molecule has 1 aromatic heterocycles. The van der Waals surface area contributed by atoms with E-state index < -0.39 is 18.0 Å². The first kappa shape index (κ1) is 12.6. The topological polar surface area (TPSA) is 53.4 Å². The molecule has 0 fully saturated rings. The zero-order valence-electron chi connectivity index (χ0n) is 7.70. The molecule has 15 heavy (non-hydrogen) atoms. The van der Waals surface area contributed by atoms with E-state index in [9.17, 15) is 14.6 Å². The van der Waals surface area contributed by atoms with E-state index in [4.69, 9.17) is 23.2 Å². The molecule has 2 atom stereocenters. The van der Waals surface area contributed by atoms with Crippen molar-refractivity contribution in [2.24, 2.45) is 0 Å². The van der Waals surface area contributed by atoms with Crippen LogP contribution in [-0.2, 0) is 0 Å². The van der Waals surface area contributed by atoms with E-state index in [0.29, 0.717) is 0 Å². The monoisotopic (exact) mass is 253 g/mol. The molecule has 0 bridgehead atoms. The second-order valence-electron chi connectivity index (χ2n) is 3.03. The summed E-state index contributed by atoms with van der Waals surface area (Å²) in [6.07, 6.45) is -0.812. The van der Waals surface area contributed by atoms with Crippen LogP contribution in [0.15, 0.2) is 12.3 Å². The number of hydrogen-bond acceptors (Lipinski definition) is 3. The molecule has 2 N–H and O–H groups in total. The van der Waals surface area contributed by atoms with E-state index in [1.807, 2.05) is 0 Å². The summed E-state index contributed by atoms with van der Waals surface area (Å²) in [5, 5.41) is 18.7.